The molecule has 3 aromatic carbocycles. The highest BCUT2D eigenvalue weighted by Crippen LogP contribution is 2.32. The SMILES string of the molecule is COc1ccc(S(=O)(=O)N(CC(=O)N/N=C(/C)c2cccc(I)c2)c2ccccc2OC)cc1. The Hall–Kier alpha value is -3.12. The van der Waals surface area contributed by atoms with E-state index < -0.39 is 22.5 Å². The Balaban J connectivity index is 1.92. The van der Waals surface area contributed by atoms with E-state index in [1.807, 2.05) is 24.3 Å². The van der Waals surface area contributed by atoms with Crippen LogP contribution in [-0.2, 0) is 14.8 Å². The van der Waals surface area contributed by atoms with Gasteiger partial charge in [0.15, 0.2) is 0 Å². The largest absolute Gasteiger partial charge is 0.497 e. The Morgan fingerprint density at radius 2 is 1.71 bits per heavy atom. The van der Waals surface area contributed by atoms with E-state index in [2.05, 4.69) is 33.1 Å². The maximum absolute atomic E-state index is 13.5. The number of amides is 1. The number of carbonyl (C=O) groups excluding carboxylic acids is 1. The molecule has 0 aromatic heterocycles. The van der Waals surface area contributed by atoms with Crippen LogP contribution < -0.4 is 19.2 Å². The first-order valence-electron chi connectivity index (χ1n) is 10.1. The molecule has 0 atom stereocenters. The van der Waals surface area contributed by atoms with E-state index in [9.17, 15) is 13.2 Å². The first kappa shape index (κ1) is 25.5. The molecule has 0 heterocycles. The Morgan fingerprint density at radius 1 is 1.00 bits per heavy atom. The quantitative estimate of drug-likeness (QED) is 0.230. The van der Waals surface area contributed by atoms with Crippen molar-refractivity contribution in [1.29, 1.82) is 0 Å². The minimum absolute atomic E-state index is 0.00514. The summed E-state index contributed by atoms with van der Waals surface area (Å²) < 4.78 is 39.6. The topological polar surface area (TPSA) is 97.3 Å². The molecule has 0 aliphatic heterocycles. The molecule has 0 bridgehead atoms. The number of anilines is 1. The monoisotopic (exact) mass is 593 g/mol. The van der Waals surface area contributed by atoms with Gasteiger partial charge in [0.2, 0.25) is 0 Å². The van der Waals surface area contributed by atoms with Crippen molar-refractivity contribution in [3.05, 3.63) is 81.9 Å². The van der Waals surface area contributed by atoms with Crippen molar-refractivity contribution in [3.8, 4) is 11.5 Å². The number of methoxy groups -OCH3 is 2. The van der Waals surface area contributed by atoms with Gasteiger partial charge in [0.1, 0.15) is 18.0 Å². The fourth-order valence-electron chi connectivity index (χ4n) is 3.10. The van der Waals surface area contributed by atoms with Gasteiger partial charge < -0.3 is 9.47 Å². The van der Waals surface area contributed by atoms with Crippen molar-refractivity contribution in [1.82, 2.24) is 5.43 Å². The number of nitrogens with zero attached hydrogens (tertiary/aromatic N) is 2. The van der Waals surface area contributed by atoms with E-state index in [-0.39, 0.29) is 10.6 Å². The molecule has 10 heteroatoms. The van der Waals surface area contributed by atoms with E-state index in [1.54, 1.807) is 43.3 Å². The summed E-state index contributed by atoms with van der Waals surface area (Å²) in [6, 6.07) is 20.2. The zero-order valence-corrected chi connectivity index (χ0v) is 21.8. The molecule has 0 fully saturated rings. The fraction of sp³-hybridized carbons (Fsp3) is 0.167. The number of benzene rings is 3. The maximum atomic E-state index is 13.5. The molecule has 1 amide bonds. The fourth-order valence-corrected chi connectivity index (χ4v) is 5.08. The Bertz CT molecular complexity index is 1290. The molecule has 178 valence electrons. The van der Waals surface area contributed by atoms with Gasteiger partial charge in [-0.2, -0.15) is 5.10 Å². The molecule has 3 aromatic rings. The summed E-state index contributed by atoms with van der Waals surface area (Å²) in [6.45, 7) is 1.26. The molecular weight excluding hydrogens is 569 g/mol. The third kappa shape index (κ3) is 6.06. The third-order valence-corrected chi connectivity index (χ3v) is 7.32. The molecule has 0 spiro atoms. The number of sulfonamides is 1. The van der Waals surface area contributed by atoms with Crippen molar-refractivity contribution in [2.24, 2.45) is 5.10 Å². The lowest BCUT2D eigenvalue weighted by atomic mass is 10.1. The summed E-state index contributed by atoms with van der Waals surface area (Å²) in [5.41, 5.74) is 4.13. The van der Waals surface area contributed by atoms with E-state index >= 15 is 0 Å². The second-order valence-electron chi connectivity index (χ2n) is 7.10. The molecule has 0 aliphatic carbocycles. The Morgan fingerprint density at radius 3 is 2.35 bits per heavy atom. The highest BCUT2D eigenvalue weighted by molar-refractivity contribution is 14.1. The smallest absolute Gasteiger partial charge is 0.264 e. The van der Waals surface area contributed by atoms with Gasteiger partial charge in [-0.25, -0.2) is 13.8 Å². The molecule has 0 saturated heterocycles. The van der Waals surface area contributed by atoms with E-state index in [1.165, 1.54) is 26.4 Å². The Kier molecular flexibility index (Phi) is 8.51. The van der Waals surface area contributed by atoms with Gasteiger partial charge >= 0.3 is 0 Å². The third-order valence-electron chi connectivity index (χ3n) is 4.88. The Labute approximate surface area is 212 Å². The lowest BCUT2D eigenvalue weighted by molar-refractivity contribution is -0.119. The lowest BCUT2D eigenvalue weighted by Crippen LogP contribution is -2.40. The van der Waals surface area contributed by atoms with Gasteiger partial charge in [0.05, 0.1) is 30.5 Å². The number of para-hydroxylation sites is 2. The zero-order chi connectivity index (χ0) is 24.7. The van der Waals surface area contributed by atoms with Gasteiger partial charge in [-0.15, -0.1) is 0 Å². The molecule has 34 heavy (non-hydrogen) atoms. The minimum Gasteiger partial charge on any atom is -0.497 e. The highest BCUT2D eigenvalue weighted by Gasteiger charge is 2.29. The molecule has 0 unspecified atom stereocenters. The van der Waals surface area contributed by atoms with E-state index in [0.717, 1.165) is 13.4 Å². The molecule has 0 radical (unpaired) electrons. The van der Waals surface area contributed by atoms with Gasteiger partial charge in [-0.05, 0) is 83.6 Å². The van der Waals surface area contributed by atoms with Crippen LogP contribution in [-0.4, -0.2) is 40.8 Å². The van der Waals surface area contributed by atoms with Crippen molar-refractivity contribution < 1.29 is 22.7 Å². The van der Waals surface area contributed by atoms with Gasteiger partial charge in [-0.3, -0.25) is 9.10 Å². The predicted octanol–water partition coefficient (Wildman–Crippen LogP) is 4.04. The number of halogens is 1. The van der Waals surface area contributed by atoms with Crippen LogP contribution in [0.5, 0.6) is 11.5 Å². The number of rotatable bonds is 9. The molecule has 0 aliphatic rings. The summed E-state index contributed by atoms with van der Waals surface area (Å²) in [5.74, 6) is 0.222. The van der Waals surface area contributed by atoms with Crippen molar-refractivity contribution in [2.45, 2.75) is 11.8 Å². The van der Waals surface area contributed by atoms with E-state index in [0.29, 0.717) is 17.2 Å². The average molecular weight is 593 g/mol. The lowest BCUT2D eigenvalue weighted by Gasteiger charge is -2.25. The van der Waals surface area contributed by atoms with Crippen LogP contribution in [0.3, 0.4) is 0 Å². The van der Waals surface area contributed by atoms with Gasteiger partial charge in [-0.1, -0.05) is 24.3 Å². The van der Waals surface area contributed by atoms with Crippen molar-refractivity contribution in [2.75, 3.05) is 25.1 Å². The predicted molar refractivity (Wildman–Crippen MR) is 140 cm³/mol. The standard InChI is InChI=1S/C24H24IN3O5S/c1-17(18-7-6-8-19(25)15-18)26-27-24(29)16-28(22-9-4-5-10-23(22)33-3)34(30,31)21-13-11-20(32-2)12-14-21/h4-15H,16H2,1-3H3,(H,27,29)/b26-17-. The second-order valence-corrected chi connectivity index (χ2v) is 10.2. The van der Waals surface area contributed by atoms with Crippen LogP contribution >= 0.6 is 22.6 Å². The maximum Gasteiger partial charge on any atom is 0.264 e. The van der Waals surface area contributed by atoms with Crippen LogP contribution in [0.4, 0.5) is 5.69 Å². The average Bonchev–Trinajstić information content (AvgIpc) is 2.85. The summed E-state index contributed by atoms with van der Waals surface area (Å²) in [7, 11) is -1.19. The van der Waals surface area contributed by atoms with Crippen LogP contribution in [0.15, 0.2) is 82.8 Å². The highest BCUT2D eigenvalue weighted by atomic mass is 127. The zero-order valence-electron chi connectivity index (χ0n) is 18.9. The van der Waals surface area contributed by atoms with Crippen molar-refractivity contribution in [3.63, 3.8) is 0 Å². The van der Waals surface area contributed by atoms with Crippen LogP contribution in [0.2, 0.25) is 0 Å². The summed E-state index contributed by atoms with van der Waals surface area (Å²) in [5, 5.41) is 4.15. The molecule has 1 N–H and O–H groups in total. The molecular formula is C24H24IN3O5S. The summed E-state index contributed by atoms with van der Waals surface area (Å²) in [4.78, 5) is 12.8. The van der Waals surface area contributed by atoms with Crippen LogP contribution in [0.1, 0.15) is 12.5 Å². The van der Waals surface area contributed by atoms with Crippen LogP contribution in [0, 0.1) is 3.57 Å². The first-order valence-corrected chi connectivity index (χ1v) is 12.7. The molecule has 8 nitrogen and oxygen atoms in total. The molecule has 0 saturated carbocycles. The number of hydrazone groups is 1. The summed E-state index contributed by atoms with van der Waals surface area (Å²) in [6.07, 6.45) is 0. The number of hydrogen-bond donors (Lipinski definition) is 1. The summed E-state index contributed by atoms with van der Waals surface area (Å²) >= 11 is 2.19. The molecule has 3 rings (SSSR count). The first-order chi connectivity index (χ1) is 16.3. The van der Waals surface area contributed by atoms with Crippen LogP contribution in [0.25, 0.3) is 0 Å². The normalized spacial score (nSPS) is 11.6. The number of ether oxygens (including phenoxy) is 2. The van der Waals surface area contributed by atoms with Crippen molar-refractivity contribution >= 4 is 49.9 Å². The van der Waals surface area contributed by atoms with Gasteiger partial charge in [0.25, 0.3) is 15.9 Å². The van der Waals surface area contributed by atoms with Gasteiger partial charge in [0, 0.05) is 3.57 Å². The number of carbonyl (C=O) groups is 1. The second kappa shape index (κ2) is 11.3. The number of nitrogens with one attached hydrogen (secondary N) is 1. The van der Waals surface area contributed by atoms with E-state index in [4.69, 9.17) is 9.47 Å². The minimum atomic E-state index is -4.12. The number of hydrogen-bond acceptors (Lipinski definition) is 6.